The van der Waals surface area contributed by atoms with Crippen LogP contribution in [-0.2, 0) is 6.54 Å². The van der Waals surface area contributed by atoms with Gasteiger partial charge in [0.15, 0.2) is 0 Å². The van der Waals surface area contributed by atoms with Crippen LogP contribution in [0.1, 0.15) is 30.0 Å². The number of non-ortho nitro benzene ring substituents is 1. The molecule has 1 atom stereocenters. The molecule has 5 nitrogen and oxygen atoms in total. The van der Waals surface area contributed by atoms with E-state index in [0.29, 0.717) is 6.54 Å². The van der Waals surface area contributed by atoms with Crippen LogP contribution in [0.4, 0.5) is 5.69 Å². The molecule has 0 spiro atoms. The quantitative estimate of drug-likeness (QED) is 0.650. The maximum Gasteiger partial charge on any atom is 0.269 e. The Kier molecular flexibility index (Phi) is 4.59. The zero-order valence-electron chi connectivity index (χ0n) is 10.6. The highest BCUT2D eigenvalue weighted by Gasteiger charge is 2.12. The molecule has 2 aromatic rings. The lowest BCUT2D eigenvalue weighted by molar-refractivity contribution is -0.384. The van der Waals surface area contributed by atoms with Crippen LogP contribution in [0.25, 0.3) is 0 Å². The topological polar surface area (TPSA) is 68.1 Å². The van der Waals surface area contributed by atoms with Crippen molar-refractivity contribution in [2.75, 3.05) is 0 Å². The van der Waals surface area contributed by atoms with Gasteiger partial charge in [-0.3, -0.25) is 10.1 Å². The van der Waals surface area contributed by atoms with Crippen molar-refractivity contribution in [2.45, 2.75) is 25.9 Å². The van der Waals surface area contributed by atoms with Gasteiger partial charge in [-0.15, -0.1) is 11.3 Å². The van der Waals surface area contributed by atoms with E-state index in [1.165, 1.54) is 6.07 Å². The smallest absolute Gasteiger partial charge is 0.269 e. The van der Waals surface area contributed by atoms with Crippen LogP contribution in [0, 0.1) is 10.1 Å². The summed E-state index contributed by atoms with van der Waals surface area (Å²) in [5.41, 5.74) is 1.03. The molecule has 6 heteroatoms. The second kappa shape index (κ2) is 6.40. The average Bonchev–Trinajstić information content (AvgIpc) is 2.94. The van der Waals surface area contributed by atoms with Gasteiger partial charge in [0, 0.05) is 30.3 Å². The highest BCUT2D eigenvalue weighted by molar-refractivity contribution is 7.09. The molecular formula is C13H15N3O2S. The SMILES string of the molecule is CCC(NCc1cccc([N+](=O)[O-])c1)c1nccs1. The summed E-state index contributed by atoms with van der Waals surface area (Å²) in [7, 11) is 0. The van der Waals surface area contributed by atoms with Gasteiger partial charge in [0.1, 0.15) is 5.01 Å². The van der Waals surface area contributed by atoms with Crippen LogP contribution >= 0.6 is 11.3 Å². The molecule has 0 fully saturated rings. The van der Waals surface area contributed by atoms with Crippen LogP contribution in [0.2, 0.25) is 0 Å². The number of thiazole rings is 1. The summed E-state index contributed by atoms with van der Waals surface area (Å²) in [6, 6.07) is 6.89. The minimum atomic E-state index is -0.373. The first-order valence-corrected chi connectivity index (χ1v) is 6.94. The molecule has 0 saturated carbocycles. The van der Waals surface area contributed by atoms with Gasteiger partial charge in [0.25, 0.3) is 5.69 Å². The number of rotatable bonds is 6. The van der Waals surface area contributed by atoms with Crippen LogP contribution in [0.15, 0.2) is 35.8 Å². The van der Waals surface area contributed by atoms with Crippen molar-refractivity contribution in [1.82, 2.24) is 10.3 Å². The standard InChI is InChI=1S/C13H15N3O2S/c1-2-12(13-14-6-7-19-13)15-9-10-4-3-5-11(8-10)16(17)18/h3-8,12,15H,2,9H2,1H3. The first-order chi connectivity index (χ1) is 9.20. The maximum absolute atomic E-state index is 10.7. The van der Waals surface area contributed by atoms with E-state index in [1.54, 1.807) is 29.7 Å². The lowest BCUT2D eigenvalue weighted by atomic mass is 10.1. The highest BCUT2D eigenvalue weighted by atomic mass is 32.1. The molecule has 2 rings (SSSR count). The molecule has 1 heterocycles. The second-order valence-corrected chi connectivity index (χ2v) is 5.07. The summed E-state index contributed by atoms with van der Waals surface area (Å²) >= 11 is 1.62. The molecule has 19 heavy (non-hydrogen) atoms. The van der Waals surface area contributed by atoms with Crippen molar-refractivity contribution in [3.63, 3.8) is 0 Å². The van der Waals surface area contributed by atoms with E-state index in [-0.39, 0.29) is 16.7 Å². The Morgan fingerprint density at radius 1 is 1.53 bits per heavy atom. The van der Waals surface area contributed by atoms with E-state index >= 15 is 0 Å². The molecule has 1 N–H and O–H groups in total. The van der Waals surface area contributed by atoms with E-state index < -0.39 is 0 Å². The Hall–Kier alpha value is -1.79. The van der Waals surface area contributed by atoms with Gasteiger partial charge in [-0.05, 0) is 12.0 Å². The van der Waals surface area contributed by atoms with Crippen LogP contribution in [0.5, 0.6) is 0 Å². The van der Waals surface area contributed by atoms with Gasteiger partial charge in [0.2, 0.25) is 0 Å². The molecule has 0 bridgehead atoms. The van der Waals surface area contributed by atoms with Crippen molar-refractivity contribution in [2.24, 2.45) is 0 Å². The summed E-state index contributed by atoms with van der Waals surface area (Å²) in [5.74, 6) is 0. The summed E-state index contributed by atoms with van der Waals surface area (Å²) in [6.07, 6.45) is 2.72. The van der Waals surface area contributed by atoms with Crippen molar-refractivity contribution < 1.29 is 4.92 Å². The third-order valence-electron chi connectivity index (χ3n) is 2.83. The van der Waals surface area contributed by atoms with Gasteiger partial charge >= 0.3 is 0 Å². The summed E-state index contributed by atoms with van der Waals surface area (Å²) in [5, 5.41) is 17.1. The van der Waals surface area contributed by atoms with E-state index in [9.17, 15) is 10.1 Å². The minimum Gasteiger partial charge on any atom is -0.304 e. The molecule has 1 aromatic heterocycles. The fraction of sp³-hybridized carbons (Fsp3) is 0.308. The van der Waals surface area contributed by atoms with Crippen LogP contribution in [-0.4, -0.2) is 9.91 Å². The normalized spacial score (nSPS) is 12.3. The molecule has 0 saturated heterocycles. The average molecular weight is 277 g/mol. The van der Waals surface area contributed by atoms with Crippen molar-refractivity contribution in [1.29, 1.82) is 0 Å². The first-order valence-electron chi connectivity index (χ1n) is 6.06. The van der Waals surface area contributed by atoms with E-state index in [2.05, 4.69) is 17.2 Å². The highest BCUT2D eigenvalue weighted by Crippen LogP contribution is 2.20. The Balaban J connectivity index is 2.01. The molecule has 0 aliphatic rings. The zero-order chi connectivity index (χ0) is 13.7. The Bertz CT molecular complexity index is 543. The fourth-order valence-corrected chi connectivity index (χ4v) is 2.63. The lowest BCUT2D eigenvalue weighted by Crippen LogP contribution is -2.20. The van der Waals surface area contributed by atoms with Crippen LogP contribution in [0.3, 0.4) is 0 Å². The predicted octanol–water partition coefficient (Wildman–Crippen LogP) is 3.29. The summed E-state index contributed by atoms with van der Waals surface area (Å²) in [6.45, 7) is 2.69. The molecule has 0 aliphatic carbocycles. The largest absolute Gasteiger partial charge is 0.304 e. The van der Waals surface area contributed by atoms with E-state index in [4.69, 9.17) is 0 Å². The number of aromatic nitrogens is 1. The van der Waals surface area contributed by atoms with E-state index in [0.717, 1.165) is 17.0 Å². The monoisotopic (exact) mass is 277 g/mol. The summed E-state index contributed by atoms with van der Waals surface area (Å²) < 4.78 is 0. The number of hydrogen-bond acceptors (Lipinski definition) is 5. The first kappa shape index (κ1) is 13.6. The van der Waals surface area contributed by atoms with Gasteiger partial charge in [-0.1, -0.05) is 19.1 Å². The van der Waals surface area contributed by atoms with Gasteiger partial charge in [0.05, 0.1) is 11.0 Å². The Morgan fingerprint density at radius 3 is 3.00 bits per heavy atom. The van der Waals surface area contributed by atoms with E-state index in [1.807, 2.05) is 11.4 Å². The van der Waals surface area contributed by atoms with Gasteiger partial charge < -0.3 is 5.32 Å². The van der Waals surface area contributed by atoms with Crippen molar-refractivity contribution >= 4 is 17.0 Å². The third kappa shape index (κ3) is 3.59. The van der Waals surface area contributed by atoms with Crippen molar-refractivity contribution in [3.05, 3.63) is 56.5 Å². The minimum absolute atomic E-state index is 0.126. The molecule has 1 unspecified atom stereocenters. The van der Waals surface area contributed by atoms with Gasteiger partial charge in [-0.25, -0.2) is 4.98 Å². The molecule has 0 aliphatic heterocycles. The fourth-order valence-electron chi connectivity index (χ4n) is 1.83. The Morgan fingerprint density at radius 2 is 2.37 bits per heavy atom. The lowest BCUT2D eigenvalue weighted by Gasteiger charge is -2.14. The molecule has 1 aromatic carbocycles. The van der Waals surface area contributed by atoms with Crippen molar-refractivity contribution in [3.8, 4) is 0 Å². The van der Waals surface area contributed by atoms with Gasteiger partial charge in [-0.2, -0.15) is 0 Å². The second-order valence-electron chi connectivity index (χ2n) is 4.14. The summed E-state index contributed by atoms with van der Waals surface area (Å²) in [4.78, 5) is 14.6. The number of nitrogens with zero attached hydrogens (tertiary/aromatic N) is 2. The zero-order valence-corrected chi connectivity index (χ0v) is 11.4. The number of nitro benzene ring substituents is 1. The number of benzene rings is 1. The Labute approximate surface area is 115 Å². The number of nitrogens with one attached hydrogen (secondary N) is 1. The predicted molar refractivity (Wildman–Crippen MR) is 75.1 cm³/mol. The molecular weight excluding hydrogens is 262 g/mol. The van der Waals surface area contributed by atoms with Crippen LogP contribution < -0.4 is 5.32 Å². The number of nitro groups is 1. The third-order valence-corrected chi connectivity index (χ3v) is 3.72. The molecule has 0 amide bonds. The maximum atomic E-state index is 10.7. The molecule has 100 valence electrons. The number of hydrogen-bond donors (Lipinski definition) is 1. The molecule has 0 radical (unpaired) electrons.